The van der Waals surface area contributed by atoms with Crippen molar-refractivity contribution in [2.24, 2.45) is 0 Å². The zero-order valence-corrected chi connectivity index (χ0v) is 10.4. The summed E-state index contributed by atoms with van der Waals surface area (Å²) in [6, 6.07) is 8.76. The number of nitrogens with one attached hydrogen (secondary N) is 1. The molecule has 0 saturated carbocycles. The predicted molar refractivity (Wildman–Crippen MR) is 69.5 cm³/mol. The van der Waals surface area contributed by atoms with Crippen LogP contribution in [0.1, 0.15) is 32.6 Å². The molecular weight excluding hydrogens is 228 g/mol. The van der Waals surface area contributed by atoms with Crippen molar-refractivity contribution in [2.75, 3.05) is 6.54 Å². The average molecular weight is 242 g/mol. The smallest absolute Gasteiger partial charge is 0.101 e. The molecule has 0 bridgehead atoms. The molecule has 3 heteroatoms. The van der Waals surface area contributed by atoms with Crippen LogP contribution >= 0.6 is 11.3 Å². The Hall–Kier alpha value is -1.19. The Balaban J connectivity index is 1.71. The van der Waals surface area contributed by atoms with Gasteiger partial charge in [0.25, 0.3) is 0 Å². The second kappa shape index (κ2) is 3.65. The van der Waals surface area contributed by atoms with Crippen LogP contribution in [0.15, 0.2) is 24.3 Å². The van der Waals surface area contributed by atoms with Gasteiger partial charge < -0.3 is 5.32 Å². The largest absolute Gasteiger partial charge is 0.311 e. The fourth-order valence-electron chi connectivity index (χ4n) is 2.77. The molecular formula is C14H14N2S. The van der Waals surface area contributed by atoms with E-state index in [2.05, 4.69) is 29.6 Å². The van der Waals surface area contributed by atoms with Crippen LogP contribution in [0.25, 0.3) is 0 Å². The van der Waals surface area contributed by atoms with Crippen molar-refractivity contribution in [3.8, 4) is 0 Å². The van der Waals surface area contributed by atoms with Gasteiger partial charge in [0, 0.05) is 30.3 Å². The molecule has 2 aliphatic rings. The van der Waals surface area contributed by atoms with Crippen molar-refractivity contribution >= 4 is 11.3 Å². The lowest BCUT2D eigenvalue weighted by molar-refractivity contribution is 0.638. The van der Waals surface area contributed by atoms with E-state index in [1.165, 1.54) is 33.1 Å². The van der Waals surface area contributed by atoms with E-state index in [9.17, 15) is 0 Å². The topological polar surface area (TPSA) is 24.9 Å². The summed E-state index contributed by atoms with van der Waals surface area (Å²) in [5.41, 5.74) is 4.34. The Morgan fingerprint density at radius 3 is 3.12 bits per heavy atom. The number of fused-ring (bicyclic) bond motifs is 2. The monoisotopic (exact) mass is 242 g/mol. The van der Waals surface area contributed by atoms with E-state index in [-0.39, 0.29) is 0 Å². The summed E-state index contributed by atoms with van der Waals surface area (Å²) >= 11 is 1.91. The first-order valence-electron chi connectivity index (χ1n) is 6.19. The van der Waals surface area contributed by atoms with Gasteiger partial charge in [0.1, 0.15) is 5.01 Å². The summed E-state index contributed by atoms with van der Waals surface area (Å²) in [5, 5.41) is 4.75. The van der Waals surface area contributed by atoms with E-state index in [0.29, 0.717) is 5.92 Å². The Morgan fingerprint density at radius 1 is 1.29 bits per heavy atom. The molecule has 86 valence electrons. The maximum Gasteiger partial charge on any atom is 0.101 e. The van der Waals surface area contributed by atoms with Crippen LogP contribution in [0.2, 0.25) is 0 Å². The van der Waals surface area contributed by atoms with Gasteiger partial charge in [0.05, 0.1) is 5.69 Å². The minimum Gasteiger partial charge on any atom is -0.311 e. The summed E-state index contributed by atoms with van der Waals surface area (Å²) in [7, 11) is 0. The number of aromatic nitrogens is 1. The van der Waals surface area contributed by atoms with E-state index in [4.69, 9.17) is 4.98 Å². The molecule has 4 rings (SSSR count). The van der Waals surface area contributed by atoms with Crippen molar-refractivity contribution in [2.45, 2.75) is 25.3 Å². The third-order valence-electron chi connectivity index (χ3n) is 3.77. The highest BCUT2D eigenvalue weighted by Gasteiger charge is 2.30. The molecule has 0 spiro atoms. The van der Waals surface area contributed by atoms with Crippen molar-refractivity contribution in [1.82, 2.24) is 10.3 Å². The Bertz CT molecular complexity index is 550. The van der Waals surface area contributed by atoms with Gasteiger partial charge in [-0.15, -0.1) is 11.3 Å². The number of benzene rings is 1. The molecule has 0 amide bonds. The van der Waals surface area contributed by atoms with Gasteiger partial charge in [0.15, 0.2) is 0 Å². The number of rotatable bonds is 1. The van der Waals surface area contributed by atoms with Gasteiger partial charge >= 0.3 is 0 Å². The van der Waals surface area contributed by atoms with Crippen molar-refractivity contribution in [3.05, 3.63) is 51.0 Å². The predicted octanol–water partition coefficient (Wildman–Crippen LogP) is 2.48. The van der Waals surface area contributed by atoms with Gasteiger partial charge in [-0.05, 0) is 17.5 Å². The molecule has 2 heterocycles. The first-order valence-corrected chi connectivity index (χ1v) is 7.00. The number of hydrogen-bond donors (Lipinski definition) is 1. The van der Waals surface area contributed by atoms with Crippen molar-refractivity contribution in [1.29, 1.82) is 0 Å². The van der Waals surface area contributed by atoms with E-state index < -0.39 is 0 Å². The van der Waals surface area contributed by atoms with Crippen LogP contribution < -0.4 is 5.32 Å². The molecule has 1 aliphatic heterocycles. The molecule has 1 unspecified atom stereocenters. The molecule has 1 aromatic heterocycles. The fraction of sp³-hybridized carbons (Fsp3) is 0.357. The van der Waals surface area contributed by atoms with Crippen molar-refractivity contribution < 1.29 is 0 Å². The second-order valence-electron chi connectivity index (χ2n) is 4.80. The highest BCUT2D eigenvalue weighted by molar-refractivity contribution is 7.11. The molecule has 2 nitrogen and oxygen atoms in total. The van der Waals surface area contributed by atoms with Gasteiger partial charge in [-0.25, -0.2) is 4.98 Å². The third kappa shape index (κ3) is 1.46. The van der Waals surface area contributed by atoms with Crippen LogP contribution in [0, 0.1) is 0 Å². The highest BCUT2D eigenvalue weighted by Crippen LogP contribution is 2.42. The molecule has 0 saturated heterocycles. The fourth-order valence-corrected chi connectivity index (χ4v) is 3.97. The Labute approximate surface area is 105 Å². The number of hydrogen-bond acceptors (Lipinski definition) is 3. The molecule has 17 heavy (non-hydrogen) atoms. The summed E-state index contributed by atoms with van der Waals surface area (Å²) in [6.07, 6.45) is 2.27. The van der Waals surface area contributed by atoms with Crippen LogP contribution in [0.3, 0.4) is 0 Å². The van der Waals surface area contributed by atoms with Gasteiger partial charge in [-0.3, -0.25) is 0 Å². The second-order valence-corrected chi connectivity index (χ2v) is 5.92. The third-order valence-corrected chi connectivity index (χ3v) is 4.98. The van der Waals surface area contributed by atoms with Gasteiger partial charge in [0.2, 0.25) is 0 Å². The standard InChI is InChI=1S/C14H14N2S/c1-2-4-10-9(3-1)7-11(10)14-16-12-5-6-15-8-13(12)17-14/h1-4,11,15H,5-8H2. The Kier molecular flexibility index (Phi) is 2.11. The quantitative estimate of drug-likeness (QED) is 0.831. The first-order chi connectivity index (χ1) is 8.42. The van der Waals surface area contributed by atoms with Crippen LogP contribution in [0.5, 0.6) is 0 Å². The van der Waals surface area contributed by atoms with Crippen LogP contribution in [-0.4, -0.2) is 11.5 Å². The molecule has 1 aliphatic carbocycles. The Morgan fingerprint density at radius 2 is 2.24 bits per heavy atom. The number of nitrogens with zero attached hydrogens (tertiary/aromatic N) is 1. The highest BCUT2D eigenvalue weighted by atomic mass is 32.1. The number of thiazole rings is 1. The molecule has 0 radical (unpaired) electrons. The maximum absolute atomic E-state index is 4.85. The zero-order valence-electron chi connectivity index (χ0n) is 9.57. The molecule has 1 atom stereocenters. The van der Waals surface area contributed by atoms with E-state index in [1.54, 1.807) is 0 Å². The SMILES string of the molecule is c1ccc2c(c1)CC2c1nc2c(s1)CNCC2. The lowest BCUT2D eigenvalue weighted by atomic mass is 9.78. The van der Waals surface area contributed by atoms with Gasteiger partial charge in [-0.2, -0.15) is 0 Å². The maximum atomic E-state index is 4.85. The summed E-state index contributed by atoms with van der Waals surface area (Å²) in [5.74, 6) is 0.571. The van der Waals surface area contributed by atoms with E-state index in [0.717, 1.165) is 19.5 Å². The van der Waals surface area contributed by atoms with E-state index in [1.807, 2.05) is 11.3 Å². The van der Waals surface area contributed by atoms with Gasteiger partial charge in [-0.1, -0.05) is 24.3 Å². The zero-order chi connectivity index (χ0) is 11.2. The minimum atomic E-state index is 0.571. The summed E-state index contributed by atoms with van der Waals surface area (Å²) in [4.78, 5) is 6.30. The van der Waals surface area contributed by atoms with Crippen molar-refractivity contribution in [3.63, 3.8) is 0 Å². The lowest BCUT2D eigenvalue weighted by Gasteiger charge is -2.28. The van der Waals surface area contributed by atoms with Crippen LogP contribution in [0.4, 0.5) is 0 Å². The molecule has 1 aromatic carbocycles. The minimum absolute atomic E-state index is 0.571. The first kappa shape index (κ1) is 9.80. The van der Waals surface area contributed by atoms with E-state index >= 15 is 0 Å². The molecule has 1 N–H and O–H groups in total. The summed E-state index contributed by atoms with van der Waals surface area (Å²) < 4.78 is 0. The summed E-state index contributed by atoms with van der Waals surface area (Å²) in [6.45, 7) is 2.10. The molecule has 2 aromatic rings. The lowest BCUT2D eigenvalue weighted by Crippen LogP contribution is -2.22. The molecule has 0 fully saturated rings. The van der Waals surface area contributed by atoms with Crippen LogP contribution in [-0.2, 0) is 19.4 Å². The normalized spacial score (nSPS) is 21.5. The average Bonchev–Trinajstić information content (AvgIpc) is 2.73.